The minimum Gasteiger partial charge on any atom is -0.480 e. The molecule has 0 saturated heterocycles. The molecule has 0 aromatic rings. The van der Waals surface area contributed by atoms with E-state index in [1.54, 1.807) is 0 Å². The molecule has 0 aromatic carbocycles. The van der Waals surface area contributed by atoms with Crippen LogP contribution in [0, 0.1) is 0 Å². The Morgan fingerprint density at radius 2 is 1.83 bits per heavy atom. The number of aliphatic carboxylic acids is 1. The molecule has 12 heavy (non-hydrogen) atoms. The fourth-order valence-corrected chi connectivity index (χ4v) is 0.632. The van der Waals surface area contributed by atoms with Gasteiger partial charge in [0.15, 0.2) is 0 Å². The van der Waals surface area contributed by atoms with Crippen molar-refractivity contribution in [3.63, 3.8) is 0 Å². The number of hydrogen-bond acceptors (Lipinski definition) is 3. The Morgan fingerprint density at radius 3 is 2.17 bits per heavy atom. The summed E-state index contributed by atoms with van der Waals surface area (Å²) in [5, 5.41) is 8.33. The van der Waals surface area contributed by atoms with Crippen LogP contribution in [0.5, 0.6) is 0 Å². The topological polar surface area (TPSA) is 89.3 Å². The first-order valence-corrected chi connectivity index (χ1v) is 3.37. The molecule has 6 heteroatoms. The molecule has 76 valence electrons. The van der Waals surface area contributed by atoms with Crippen molar-refractivity contribution in [1.29, 1.82) is 0 Å². The average Bonchev–Trinajstić information content (AvgIpc) is 1.88. The van der Waals surface area contributed by atoms with Crippen molar-refractivity contribution in [3.8, 4) is 0 Å². The summed E-state index contributed by atoms with van der Waals surface area (Å²) >= 11 is 0. The number of carbonyl (C=O) groups is 1. The summed E-state index contributed by atoms with van der Waals surface area (Å²) in [7, 11) is 0. The Morgan fingerprint density at radius 1 is 1.33 bits per heavy atom. The number of carboxylic acid groups (broad SMARTS) is 1. The Labute approximate surface area is 84.5 Å². The molecule has 1 atom stereocenters. The first kappa shape index (κ1) is 17.9. The maximum Gasteiger partial charge on any atom is 0.320 e. The molecule has 4 nitrogen and oxygen atoms in total. The van der Waals surface area contributed by atoms with Crippen molar-refractivity contribution in [2.24, 2.45) is 11.5 Å². The van der Waals surface area contributed by atoms with Crippen LogP contribution in [0.2, 0.25) is 0 Å². The SMILES string of the molecule is Cl.Cl.NCCCC[13CH](N)[13C](=O)O. The van der Waals surface area contributed by atoms with Crippen LogP contribution in [0.15, 0.2) is 0 Å². The Bertz CT molecular complexity index is 114. The molecule has 0 rings (SSSR count). The third kappa shape index (κ3) is 9.97. The van der Waals surface area contributed by atoms with Crippen LogP contribution < -0.4 is 11.5 Å². The molecular formula is C6H16Cl2N2O2. The molecule has 0 spiro atoms. The van der Waals surface area contributed by atoms with Crippen molar-refractivity contribution in [3.05, 3.63) is 0 Å². The second-order valence-electron chi connectivity index (χ2n) is 2.23. The largest absolute Gasteiger partial charge is 0.480 e. The van der Waals surface area contributed by atoms with Gasteiger partial charge in [0, 0.05) is 0 Å². The number of rotatable bonds is 5. The summed E-state index contributed by atoms with van der Waals surface area (Å²) in [6.45, 7) is 0.604. The van der Waals surface area contributed by atoms with Gasteiger partial charge in [0.25, 0.3) is 0 Å². The van der Waals surface area contributed by atoms with Crippen molar-refractivity contribution in [1.82, 2.24) is 0 Å². The zero-order valence-electron chi connectivity index (χ0n) is 6.73. The van der Waals surface area contributed by atoms with Gasteiger partial charge in [-0.1, -0.05) is 6.42 Å². The Balaban J connectivity index is -0.000000405. The highest BCUT2D eigenvalue weighted by Crippen LogP contribution is 1.96. The van der Waals surface area contributed by atoms with Crippen molar-refractivity contribution >= 4 is 30.8 Å². The molecule has 0 aliphatic rings. The third-order valence-corrected chi connectivity index (χ3v) is 1.29. The van der Waals surface area contributed by atoms with Gasteiger partial charge in [0.1, 0.15) is 6.04 Å². The lowest BCUT2D eigenvalue weighted by Gasteiger charge is -2.03. The van der Waals surface area contributed by atoms with Crippen LogP contribution in [0.4, 0.5) is 0 Å². The number of nitrogens with two attached hydrogens (primary N) is 2. The maximum atomic E-state index is 10.1. The monoisotopic (exact) mass is 220 g/mol. The molecule has 0 aliphatic carbocycles. The normalized spacial score (nSPS) is 10.8. The van der Waals surface area contributed by atoms with Crippen LogP contribution in [-0.4, -0.2) is 23.7 Å². The van der Waals surface area contributed by atoms with E-state index in [-0.39, 0.29) is 24.8 Å². The first-order valence-electron chi connectivity index (χ1n) is 3.37. The van der Waals surface area contributed by atoms with E-state index in [1.807, 2.05) is 0 Å². The van der Waals surface area contributed by atoms with Crippen molar-refractivity contribution < 1.29 is 9.90 Å². The highest BCUT2D eigenvalue weighted by Gasteiger charge is 2.09. The molecule has 0 fully saturated rings. The van der Waals surface area contributed by atoms with E-state index in [0.717, 1.165) is 12.8 Å². The minimum atomic E-state index is -0.933. The van der Waals surface area contributed by atoms with Crippen molar-refractivity contribution in [2.45, 2.75) is 25.3 Å². The molecule has 0 saturated carbocycles. The Kier molecular flexibility index (Phi) is 16.4. The van der Waals surface area contributed by atoms with Crippen LogP contribution >= 0.6 is 24.8 Å². The van der Waals surface area contributed by atoms with Gasteiger partial charge in [-0.3, -0.25) is 4.79 Å². The van der Waals surface area contributed by atoms with Gasteiger partial charge in [-0.25, -0.2) is 0 Å². The highest BCUT2D eigenvalue weighted by molar-refractivity contribution is 5.85. The lowest BCUT2D eigenvalue weighted by atomic mass is 10.3. The minimum absolute atomic E-state index is 0. The van der Waals surface area contributed by atoms with Gasteiger partial charge in [0.05, 0.1) is 0 Å². The second-order valence-corrected chi connectivity index (χ2v) is 2.23. The Hall–Kier alpha value is -0.0300. The van der Waals surface area contributed by atoms with E-state index in [0.29, 0.717) is 13.0 Å². The maximum absolute atomic E-state index is 10.1. The number of unbranched alkanes of at least 4 members (excludes halogenated alkanes) is 1. The lowest BCUT2D eigenvalue weighted by Crippen LogP contribution is -2.29. The van der Waals surface area contributed by atoms with Gasteiger partial charge in [-0.05, 0) is 19.4 Å². The fraction of sp³-hybridized carbons (Fsp3) is 0.833. The van der Waals surface area contributed by atoms with E-state index in [1.165, 1.54) is 0 Å². The van der Waals surface area contributed by atoms with Crippen LogP contribution in [0.25, 0.3) is 0 Å². The van der Waals surface area contributed by atoms with Gasteiger partial charge in [-0.2, -0.15) is 0 Å². The van der Waals surface area contributed by atoms with Crippen LogP contribution in [0.1, 0.15) is 19.3 Å². The van der Waals surface area contributed by atoms with E-state index in [9.17, 15) is 4.79 Å². The van der Waals surface area contributed by atoms with E-state index in [4.69, 9.17) is 16.6 Å². The average molecular weight is 221 g/mol. The van der Waals surface area contributed by atoms with Gasteiger partial charge in [0.2, 0.25) is 0 Å². The summed E-state index contributed by atoms with van der Waals surface area (Å²) in [5.41, 5.74) is 10.4. The molecule has 0 radical (unpaired) electrons. The zero-order chi connectivity index (χ0) is 7.98. The fourth-order valence-electron chi connectivity index (χ4n) is 0.632. The molecule has 5 N–H and O–H groups in total. The van der Waals surface area contributed by atoms with Crippen LogP contribution in [0.3, 0.4) is 0 Å². The molecule has 0 amide bonds. The van der Waals surface area contributed by atoms with Crippen molar-refractivity contribution in [2.75, 3.05) is 6.54 Å². The predicted octanol–water partition coefficient (Wildman–Crippen LogP) is 0.371. The van der Waals surface area contributed by atoms with E-state index < -0.39 is 12.0 Å². The zero-order valence-corrected chi connectivity index (χ0v) is 8.37. The van der Waals surface area contributed by atoms with Crippen LogP contribution in [-0.2, 0) is 4.79 Å². The smallest absolute Gasteiger partial charge is 0.320 e. The van der Waals surface area contributed by atoms with E-state index in [2.05, 4.69) is 0 Å². The quantitative estimate of drug-likeness (QED) is 0.462. The molecule has 0 aliphatic heterocycles. The summed E-state index contributed by atoms with van der Waals surface area (Å²) in [5.74, 6) is -0.933. The summed E-state index contributed by atoms with van der Waals surface area (Å²) < 4.78 is 0. The molecule has 0 bridgehead atoms. The van der Waals surface area contributed by atoms with Gasteiger partial charge < -0.3 is 16.6 Å². The third-order valence-electron chi connectivity index (χ3n) is 1.29. The van der Waals surface area contributed by atoms with E-state index >= 15 is 0 Å². The summed E-state index contributed by atoms with van der Waals surface area (Å²) in [6.07, 6.45) is 2.16. The summed E-state index contributed by atoms with van der Waals surface area (Å²) in [4.78, 5) is 10.1. The first-order chi connectivity index (χ1) is 4.68. The number of carboxylic acids is 1. The lowest BCUT2D eigenvalue weighted by molar-refractivity contribution is -0.138. The summed E-state index contributed by atoms with van der Waals surface area (Å²) in [6, 6.07) is -0.716. The predicted molar refractivity (Wildman–Crippen MR) is 53.0 cm³/mol. The van der Waals surface area contributed by atoms with Gasteiger partial charge >= 0.3 is 5.97 Å². The molecular weight excluding hydrogens is 205 g/mol. The standard InChI is InChI=1S/C6H14N2O2.2ClH/c7-4-2-1-3-5(8)6(9)10;;/h5H,1-4,7-8H2,(H,9,10);2*1H/i5+1,6+1;;. The molecule has 0 aromatic heterocycles. The highest BCUT2D eigenvalue weighted by atomic mass is 35.5. The molecule has 1 unspecified atom stereocenters. The molecule has 0 heterocycles. The number of hydrogen-bond donors (Lipinski definition) is 3. The van der Waals surface area contributed by atoms with Gasteiger partial charge in [-0.15, -0.1) is 24.8 Å². The number of halogens is 2. The second kappa shape index (κ2) is 11.0.